The van der Waals surface area contributed by atoms with Crippen LogP contribution in [0.3, 0.4) is 0 Å². The van der Waals surface area contributed by atoms with Gasteiger partial charge in [0.05, 0.1) is 17.0 Å². The molecule has 1 rings (SSSR count). The average Bonchev–Trinajstić information content (AvgIpc) is 2.35. The van der Waals surface area contributed by atoms with E-state index in [-0.39, 0.29) is 6.61 Å². The van der Waals surface area contributed by atoms with E-state index in [0.29, 0.717) is 10.8 Å². The van der Waals surface area contributed by atoms with E-state index in [0.717, 1.165) is 12.1 Å². The number of aliphatic hydroxyl groups excluding tert-OH is 1. The first kappa shape index (κ1) is 16.1. The zero-order valence-electron chi connectivity index (χ0n) is 12.0. The van der Waals surface area contributed by atoms with Crippen LogP contribution in [0.5, 0.6) is 0 Å². The van der Waals surface area contributed by atoms with Crippen molar-refractivity contribution < 1.29 is 13.5 Å². The van der Waals surface area contributed by atoms with Crippen LogP contribution in [0.4, 0.5) is 0 Å². The van der Waals surface area contributed by atoms with E-state index in [1.165, 1.54) is 6.26 Å². The van der Waals surface area contributed by atoms with E-state index in [1.807, 2.05) is 6.92 Å². The highest BCUT2D eigenvalue weighted by Gasteiger charge is 2.25. The fourth-order valence-electron chi connectivity index (χ4n) is 1.75. The molecule has 0 fully saturated rings. The van der Waals surface area contributed by atoms with Gasteiger partial charge in [-0.25, -0.2) is 8.42 Å². The zero-order valence-corrected chi connectivity index (χ0v) is 12.8. The Balaban J connectivity index is 2.99. The van der Waals surface area contributed by atoms with Gasteiger partial charge in [0.2, 0.25) is 0 Å². The van der Waals surface area contributed by atoms with Crippen molar-refractivity contribution in [2.24, 2.45) is 5.92 Å². The van der Waals surface area contributed by atoms with Gasteiger partial charge >= 0.3 is 0 Å². The van der Waals surface area contributed by atoms with E-state index in [1.54, 1.807) is 24.3 Å². The van der Waals surface area contributed by atoms with E-state index < -0.39 is 15.4 Å². The molecule has 0 aliphatic carbocycles. The Labute approximate surface area is 115 Å². The van der Waals surface area contributed by atoms with Gasteiger partial charge in [0.1, 0.15) is 0 Å². The lowest BCUT2D eigenvalue weighted by Crippen LogP contribution is -2.44. The third kappa shape index (κ3) is 4.30. The molecule has 0 aromatic heterocycles. The molecule has 0 aliphatic rings. The summed E-state index contributed by atoms with van der Waals surface area (Å²) in [5, 5.41) is 12.9. The Hall–Kier alpha value is -0.910. The number of aliphatic hydroxyl groups is 1. The van der Waals surface area contributed by atoms with Gasteiger partial charge < -0.3 is 10.4 Å². The maximum Gasteiger partial charge on any atom is 0.175 e. The van der Waals surface area contributed by atoms with Crippen LogP contribution in [0, 0.1) is 5.92 Å². The summed E-state index contributed by atoms with van der Waals surface area (Å²) in [7, 11) is -3.18. The Kier molecular flexibility index (Phi) is 5.12. The minimum atomic E-state index is -3.18. The molecule has 0 saturated heterocycles. The van der Waals surface area contributed by atoms with Crippen molar-refractivity contribution in [1.29, 1.82) is 0 Å². The minimum absolute atomic E-state index is 0.0437. The van der Waals surface area contributed by atoms with E-state index in [4.69, 9.17) is 0 Å². The highest BCUT2D eigenvalue weighted by molar-refractivity contribution is 7.90. The summed E-state index contributed by atoms with van der Waals surface area (Å²) in [5.41, 5.74) is 0.323. The molecule has 0 aliphatic heterocycles. The zero-order chi connectivity index (χ0) is 14.7. The van der Waals surface area contributed by atoms with Gasteiger partial charge in [0.25, 0.3) is 0 Å². The van der Waals surface area contributed by atoms with Gasteiger partial charge in [0, 0.05) is 6.26 Å². The molecule has 0 bridgehead atoms. The molecule has 1 aromatic carbocycles. The van der Waals surface area contributed by atoms with Gasteiger partial charge in [-0.1, -0.05) is 26.0 Å². The smallest absolute Gasteiger partial charge is 0.175 e. The van der Waals surface area contributed by atoms with Gasteiger partial charge in [0.15, 0.2) is 9.84 Å². The predicted molar refractivity (Wildman–Crippen MR) is 76.8 cm³/mol. The number of hydrogen-bond donors (Lipinski definition) is 2. The fraction of sp³-hybridized carbons (Fsp3) is 0.571. The molecule has 1 unspecified atom stereocenters. The standard InChI is InChI=1S/C14H23NO3S/c1-11(2)9-15-14(3,10-16)12-5-7-13(8-6-12)19(4,17)18/h5-8,11,15-16H,9-10H2,1-4H3. The highest BCUT2D eigenvalue weighted by atomic mass is 32.2. The SMILES string of the molecule is CC(C)CNC(C)(CO)c1ccc(S(C)(=O)=O)cc1. The third-order valence-corrected chi connectivity index (χ3v) is 4.26. The first-order valence-electron chi connectivity index (χ1n) is 6.35. The predicted octanol–water partition coefficient (Wildman–Crippen LogP) is 1.54. The molecule has 19 heavy (non-hydrogen) atoms. The molecule has 2 N–H and O–H groups in total. The van der Waals surface area contributed by atoms with Crippen molar-refractivity contribution in [3.63, 3.8) is 0 Å². The minimum Gasteiger partial charge on any atom is -0.394 e. The van der Waals surface area contributed by atoms with Crippen LogP contribution in [-0.4, -0.2) is 32.9 Å². The first-order chi connectivity index (χ1) is 8.69. The summed E-state index contributed by atoms with van der Waals surface area (Å²) in [6, 6.07) is 6.66. The average molecular weight is 285 g/mol. The molecule has 0 spiro atoms. The summed E-state index contributed by atoms with van der Waals surface area (Å²) in [4.78, 5) is 0.292. The number of benzene rings is 1. The molecular weight excluding hydrogens is 262 g/mol. The lowest BCUT2D eigenvalue weighted by molar-refractivity contribution is 0.171. The van der Waals surface area contributed by atoms with E-state index in [9.17, 15) is 13.5 Å². The lowest BCUT2D eigenvalue weighted by Gasteiger charge is -2.30. The van der Waals surface area contributed by atoms with Gasteiger partial charge in [-0.15, -0.1) is 0 Å². The molecule has 1 atom stereocenters. The Morgan fingerprint density at radius 2 is 1.79 bits per heavy atom. The lowest BCUT2D eigenvalue weighted by atomic mass is 9.92. The van der Waals surface area contributed by atoms with Gasteiger partial charge in [-0.2, -0.15) is 0 Å². The second kappa shape index (κ2) is 6.03. The van der Waals surface area contributed by atoms with Crippen LogP contribution >= 0.6 is 0 Å². The Bertz CT molecular complexity index is 508. The summed E-state index contributed by atoms with van der Waals surface area (Å²) in [6.45, 7) is 6.84. The number of hydrogen-bond acceptors (Lipinski definition) is 4. The van der Waals surface area contributed by atoms with Crippen LogP contribution in [0.25, 0.3) is 0 Å². The fourth-order valence-corrected chi connectivity index (χ4v) is 2.38. The Morgan fingerprint density at radius 3 is 2.16 bits per heavy atom. The van der Waals surface area contributed by atoms with Crippen LogP contribution in [-0.2, 0) is 15.4 Å². The molecule has 0 heterocycles. The van der Waals surface area contributed by atoms with Crippen LogP contribution in [0.2, 0.25) is 0 Å². The van der Waals surface area contributed by atoms with Crippen molar-refractivity contribution in [1.82, 2.24) is 5.32 Å². The number of rotatable bonds is 6. The van der Waals surface area contributed by atoms with Crippen LogP contribution in [0.15, 0.2) is 29.2 Å². The van der Waals surface area contributed by atoms with Crippen LogP contribution < -0.4 is 5.32 Å². The Morgan fingerprint density at radius 1 is 1.26 bits per heavy atom. The molecule has 5 heteroatoms. The largest absolute Gasteiger partial charge is 0.394 e. The topological polar surface area (TPSA) is 66.4 Å². The van der Waals surface area contributed by atoms with E-state index in [2.05, 4.69) is 19.2 Å². The molecule has 108 valence electrons. The van der Waals surface area contributed by atoms with Crippen molar-refractivity contribution in [3.8, 4) is 0 Å². The summed E-state index contributed by atoms with van der Waals surface area (Å²) in [6.07, 6.45) is 1.18. The summed E-state index contributed by atoms with van der Waals surface area (Å²) < 4.78 is 22.8. The van der Waals surface area contributed by atoms with Crippen molar-refractivity contribution in [3.05, 3.63) is 29.8 Å². The van der Waals surface area contributed by atoms with E-state index >= 15 is 0 Å². The molecule has 1 aromatic rings. The highest BCUT2D eigenvalue weighted by Crippen LogP contribution is 2.22. The van der Waals surface area contributed by atoms with Crippen LogP contribution in [0.1, 0.15) is 26.3 Å². The molecule has 0 saturated carbocycles. The third-order valence-electron chi connectivity index (χ3n) is 3.14. The summed E-state index contributed by atoms with van der Waals surface area (Å²) >= 11 is 0. The maximum atomic E-state index is 11.4. The second-order valence-corrected chi connectivity index (χ2v) is 7.58. The van der Waals surface area contributed by atoms with Crippen molar-refractivity contribution >= 4 is 9.84 Å². The number of sulfone groups is 1. The number of nitrogens with one attached hydrogen (secondary N) is 1. The van der Waals surface area contributed by atoms with Crippen molar-refractivity contribution in [2.75, 3.05) is 19.4 Å². The molecular formula is C14H23NO3S. The molecule has 0 radical (unpaired) electrons. The maximum absolute atomic E-state index is 11.4. The normalized spacial score (nSPS) is 15.5. The van der Waals surface area contributed by atoms with Gasteiger partial charge in [-0.3, -0.25) is 0 Å². The quantitative estimate of drug-likeness (QED) is 0.832. The summed E-state index contributed by atoms with van der Waals surface area (Å²) in [5.74, 6) is 0.473. The molecule has 4 nitrogen and oxygen atoms in total. The van der Waals surface area contributed by atoms with Crippen molar-refractivity contribution in [2.45, 2.75) is 31.2 Å². The first-order valence-corrected chi connectivity index (χ1v) is 8.24. The monoisotopic (exact) mass is 285 g/mol. The molecule has 0 amide bonds. The van der Waals surface area contributed by atoms with Gasteiger partial charge in [-0.05, 0) is 37.1 Å². The second-order valence-electron chi connectivity index (χ2n) is 5.56.